The first-order valence-electron chi connectivity index (χ1n) is 3.60. The summed E-state index contributed by atoms with van der Waals surface area (Å²) in [5.74, 6) is 0.0520. The molecule has 4 nitrogen and oxygen atoms in total. The molecule has 0 atom stereocenters. The van der Waals surface area contributed by atoms with Gasteiger partial charge in [0.25, 0.3) is 0 Å². The van der Waals surface area contributed by atoms with Gasteiger partial charge in [-0.15, -0.1) is 0 Å². The van der Waals surface area contributed by atoms with Gasteiger partial charge in [-0.3, -0.25) is 4.79 Å². The summed E-state index contributed by atoms with van der Waals surface area (Å²) in [5.41, 5.74) is 0. The minimum absolute atomic E-state index is 0.0520. The highest BCUT2D eigenvalue weighted by molar-refractivity contribution is 7.97. The molecule has 0 aliphatic rings. The third kappa shape index (κ3) is 2.96. The molecule has 12 heavy (non-hydrogen) atoms. The molecule has 1 aromatic heterocycles. The minimum atomic E-state index is 0.0520. The Kier molecular flexibility index (Phi) is 3.66. The number of hydrogen-bond acceptors (Lipinski definition) is 3. The Labute approximate surface area is 75.5 Å². The summed E-state index contributed by atoms with van der Waals surface area (Å²) in [4.78, 5) is 14.8. The van der Waals surface area contributed by atoms with Crippen molar-refractivity contribution < 1.29 is 4.79 Å². The van der Waals surface area contributed by atoms with Crippen LogP contribution in [0.15, 0.2) is 18.7 Å². The first-order chi connectivity index (χ1) is 5.83. The smallest absolute Gasteiger partial charge is 0.231 e. The molecule has 0 spiro atoms. The quantitative estimate of drug-likeness (QED) is 0.701. The lowest BCUT2D eigenvalue weighted by molar-refractivity contribution is -0.119. The molecule has 5 heteroatoms. The summed E-state index contributed by atoms with van der Waals surface area (Å²) >= 11 is 1.32. The molecule has 0 bridgehead atoms. The number of nitrogens with zero attached hydrogens (tertiary/aromatic N) is 2. The molecule has 0 saturated heterocycles. The van der Waals surface area contributed by atoms with E-state index in [1.807, 2.05) is 17.0 Å². The zero-order chi connectivity index (χ0) is 8.81. The van der Waals surface area contributed by atoms with Gasteiger partial charge >= 0.3 is 0 Å². The van der Waals surface area contributed by atoms with Crippen molar-refractivity contribution in [1.29, 1.82) is 0 Å². The molecule has 0 radical (unpaired) electrons. The zero-order valence-electron chi connectivity index (χ0n) is 6.86. The highest BCUT2D eigenvalue weighted by Crippen LogP contribution is 1.92. The summed E-state index contributed by atoms with van der Waals surface area (Å²) in [6.45, 7) is 0.687. The van der Waals surface area contributed by atoms with Crippen molar-refractivity contribution in [1.82, 2.24) is 14.3 Å². The maximum absolute atomic E-state index is 11.0. The van der Waals surface area contributed by atoms with Gasteiger partial charge in [-0.1, -0.05) is 11.9 Å². The summed E-state index contributed by atoms with van der Waals surface area (Å²) in [6.07, 6.45) is 7.57. The fourth-order valence-electron chi connectivity index (χ4n) is 0.815. The maximum Gasteiger partial charge on any atom is 0.231 e. The third-order valence-corrected chi connectivity index (χ3v) is 1.80. The summed E-state index contributed by atoms with van der Waals surface area (Å²) < 4.78 is 4.53. The second-order valence-electron chi connectivity index (χ2n) is 2.28. The maximum atomic E-state index is 11.0. The lowest BCUT2D eigenvalue weighted by Crippen LogP contribution is -2.16. The van der Waals surface area contributed by atoms with E-state index in [1.165, 1.54) is 11.9 Å². The first-order valence-corrected chi connectivity index (χ1v) is 4.83. The van der Waals surface area contributed by atoms with E-state index in [0.717, 1.165) is 0 Å². The highest BCUT2D eigenvalue weighted by Gasteiger charge is 1.98. The van der Waals surface area contributed by atoms with E-state index in [0.29, 0.717) is 13.0 Å². The fraction of sp³-hybridized carbons (Fsp3) is 0.429. The van der Waals surface area contributed by atoms with Crippen LogP contribution in [-0.2, 0) is 11.3 Å². The number of aryl methyl sites for hydroxylation is 1. The van der Waals surface area contributed by atoms with E-state index in [2.05, 4.69) is 9.71 Å². The Morgan fingerprint density at radius 1 is 1.75 bits per heavy atom. The van der Waals surface area contributed by atoms with Crippen molar-refractivity contribution in [3.63, 3.8) is 0 Å². The summed E-state index contributed by atoms with van der Waals surface area (Å²) in [7, 11) is 0. The average Bonchev–Trinajstić information content (AvgIpc) is 2.53. The Bertz CT molecular complexity index is 235. The SMILES string of the molecule is CSNC(=O)CCn1ccnc1. The molecule has 0 aliphatic heterocycles. The number of carbonyl (C=O) groups is 1. The van der Waals surface area contributed by atoms with Crippen molar-refractivity contribution >= 4 is 17.9 Å². The van der Waals surface area contributed by atoms with Crippen molar-refractivity contribution in [2.24, 2.45) is 0 Å². The van der Waals surface area contributed by atoms with Gasteiger partial charge in [0.2, 0.25) is 5.91 Å². The molecular formula is C7H11N3OS. The molecule has 0 unspecified atom stereocenters. The summed E-state index contributed by atoms with van der Waals surface area (Å²) in [5, 5.41) is 0. The number of rotatable bonds is 4. The summed E-state index contributed by atoms with van der Waals surface area (Å²) in [6, 6.07) is 0. The van der Waals surface area contributed by atoms with Crippen molar-refractivity contribution in [3.05, 3.63) is 18.7 Å². The van der Waals surface area contributed by atoms with Crippen LogP contribution in [0.3, 0.4) is 0 Å². The average molecular weight is 185 g/mol. The molecule has 0 aromatic carbocycles. The largest absolute Gasteiger partial charge is 0.337 e. The van der Waals surface area contributed by atoms with Crippen molar-refractivity contribution in [2.75, 3.05) is 6.26 Å². The second-order valence-corrected chi connectivity index (χ2v) is 2.89. The standard InChI is InChI=1S/C7H11N3OS/c1-12-9-7(11)2-4-10-5-3-8-6-10/h3,5-6H,2,4H2,1H3,(H,9,11). The Hall–Kier alpha value is -0.970. The lowest BCUT2D eigenvalue weighted by atomic mass is 10.4. The van der Waals surface area contributed by atoms with E-state index in [-0.39, 0.29) is 5.91 Å². The minimum Gasteiger partial charge on any atom is -0.337 e. The second kappa shape index (κ2) is 4.82. The topological polar surface area (TPSA) is 46.9 Å². The van der Waals surface area contributed by atoms with Crippen LogP contribution in [0.2, 0.25) is 0 Å². The molecule has 66 valence electrons. The van der Waals surface area contributed by atoms with Crippen LogP contribution >= 0.6 is 11.9 Å². The fourth-order valence-corrected chi connectivity index (χ4v) is 1.14. The Balaban J connectivity index is 2.22. The van der Waals surface area contributed by atoms with Gasteiger partial charge < -0.3 is 9.29 Å². The molecule has 1 heterocycles. The van der Waals surface area contributed by atoms with Gasteiger partial charge in [0.1, 0.15) is 0 Å². The number of carbonyl (C=O) groups excluding carboxylic acids is 1. The Morgan fingerprint density at radius 3 is 3.17 bits per heavy atom. The van der Waals surface area contributed by atoms with Gasteiger partial charge in [-0.25, -0.2) is 4.98 Å². The van der Waals surface area contributed by atoms with Crippen LogP contribution in [0.25, 0.3) is 0 Å². The van der Waals surface area contributed by atoms with Gasteiger partial charge in [0, 0.05) is 31.6 Å². The number of hydrogen-bond donors (Lipinski definition) is 1. The van der Waals surface area contributed by atoms with E-state index in [9.17, 15) is 4.79 Å². The third-order valence-electron chi connectivity index (χ3n) is 1.37. The predicted octanol–water partition coefficient (Wildman–Crippen LogP) is 0.667. The zero-order valence-corrected chi connectivity index (χ0v) is 7.67. The van der Waals surface area contributed by atoms with Crippen LogP contribution in [0.4, 0.5) is 0 Å². The van der Waals surface area contributed by atoms with Gasteiger partial charge in [0.15, 0.2) is 0 Å². The molecular weight excluding hydrogens is 174 g/mol. The molecule has 0 fully saturated rings. The van der Waals surface area contributed by atoms with Crippen LogP contribution < -0.4 is 4.72 Å². The van der Waals surface area contributed by atoms with E-state index < -0.39 is 0 Å². The van der Waals surface area contributed by atoms with Crippen molar-refractivity contribution in [3.8, 4) is 0 Å². The number of aromatic nitrogens is 2. The van der Waals surface area contributed by atoms with Crippen LogP contribution in [-0.4, -0.2) is 21.7 Å². The first kappa shape index (κ1) is 9.12. The van der Waals surface area contributed by atoms with Gasteiger partial charge in [-0.2, -0.15) is 0 Å². The van der Waals surface area contributed by atoms with Crippen LogP contribution in [0.5, 0.6) is 0 Å². The normalized spacial score (nSPS) is 9.75. The number of nitrogens with one attached hydrogen (secondary N) is 1. The molecule has 0 aliphatic carbocycles. The van der Waals surface area contributed by atoms with E-state index in [4.69, 9.17) is 0 Å². The van der Waals surface area contributed by atoms with Crippen LogP contribution in [0.1, 0.15) is 6.42 Å². The number of amides is 1. The molecule has 0 saturated carbocycles. The molecule has 1 aromatic rings. The molecule has 1 N–H and O–H groups in total. The molecule has 1 rings (SSSR count). The van der Waals surface area contributed by atoms with E-state index >= 15 is 0 Å². The number of imidazole rings is 1. The Morgan fingerprint density at radius 2 is 2.58 bits per heavy atom. The van der Waals surface area contributed by atoms with Crippen molar-refractivity contribution in [2.45, 2.75) is 13.0 Å². The van der Waals surface area contributed by atoms with Gasteiger partial charge in [0.05, 0.1) is 6.33 Å². The highest BCUT2D eigenvalue weighted by atomic mass is 32.2. The van der Waals surface area contributed by atoms with E-state index in [1.54, 1.807) is 12.5 Å². The molecule has 1 amide bonds. The monoisotopic (exact) mass is 185 g/mol. The lowest BCUT2D eigenvalue weighted by Gasteiger charge is -2.01. The van der Waals surface area contributed by atoms with Gasteiger partial charge in [-0.05, 0) is 0 Å². The van der Waals surface area contributed by atoms with Crippen LogP contribution in [0, 0.1) is 0 Å². The predicted molar refractivity (Wildman–Crippen MR) is 48.5 cm³/mol.